The van der Waals surface area contributed by atoms with Gasteiger partial charge in [-0.25, -0.2) is 10.2 Å². The zero-order valence-electron chi connectivity index (χ0n) is 19.2. The molecule has 4 rings (SSSR count). The maximum absolute atomic E-state index is 12.4. The Morgan fingerprint density at radius 2 is 1.27 bits per heavy atom. The number of carbonyl (C=O) groups is 3. The molecule has 0 aliphatic carbocycles. The highest BCUT2D eigenvalue weighted by Gasteiger charge is 2.10. The fourth-order valence-corrected chi connectivity index (χ4v) is 3.40. The first-order valence-corrected chi connectivity index (χ1v) is 11.7. The summed E-state index contributed by atoms with van der Waals surface area (Å²) in [4.78, 5) is 37.0. The van der Waals surface area contributed by atoms with E-state index in [1.807, 2.05) is 0 Å². The number of anilines is 1. The Hall–Kier alpha value is -4.46. The zero-order chi connectivity index (χ0) is 26.2. The fraction of sp³-hybridized carbons (Fsp3) is 0. The molecule has 0 aromatic heterocycles. The van der Waals surface area contributed by atoms with Crippen LogP contribution in [0.25, 0.3) is 0 Å². The van der Waals surface area contributed by atoms with Crippen LogP contribution in [-0.2, 0) is 0 Å². The smallest absolute Gasteiger partial charge is 0.343 e. The lowest BCUT2D eigenvalue weighted by atomic mass is 10.1. The first kappa shape index (κ1) is 25.6. The van der Waals surface area contributed by atoms with Crippen molar-refractivity contribution in [2.24, 2.45) is 5.10 Å². The van der Waals surface area contributed by atoms with E-state index in [9.17, 15) is 14.4 Å². The Bertz CT molecular complexity index is 1450. The first-order valence-electron chi connectivity index (χ1n) is 11.0. The van der Waals surface area contributed by atoms with Gasteiger partial charge in [-0.15, -0.1) is 0 Å². The largest absolute Gasteiger partial charge is 0.423 e. The predicted molar refractivity (Wildman–Crippen MR) is 144 cm³/mol. The third-order valence-corrected chi connectivity index (χ3v) is 5.54. The SMILES string of the molecule is O=C(N/N=C/c1cccc(OC(=O)c2ccc(Cl)cc2)c1)c1ccc(NC(=O)c2ccc(Cl)cc2)cc1. The summed E-state index contributed by atoms with van der Waals surface area (Å²) in [6, 6.07) is 25.9. The van der Waals surface area contributed by atoms with E-state index in [1.165, 1.54) is 6.21 Å². The molecule has 0 bridgehead atoms. The number of hydrogen-bond donors (Lipinski definition) is 2. The van der Waals surface area contributed by atoms with Crippen molar-refractivity contribution in [1.82, 2.24) is 5.43 Å². The molecule has 0 saturated heterocycles. The van der Waals surface area contributed by atoms with E-state index in [2.05, 4.69) is 15.8 Å². The Morgan fingerprint density at radius 1 is 0.703 bits per heavy atom. The van der Waals surface area contributed by atoms with Crippen LogP contribution in [0.1, 0.15) is 36.6 Å². The van der Waals surface area contributed by atoms with Crippen LogP contribution >= 0.6 is 23.2 Å². The van der Waals surface area contributed by atoms with E-state index in [0.717, 1.165) is 0 Å². The molecule has 0 heterocycles. The standard InChI is InChI=1S/C28H19Cl2N3O4/c29-22-10-4-19(5-11-22)26(34)32-24-14-8-20(9-15-24)27(35)33-31-17-18-2-1-3-25(16-18)37-28(36)21-6-12-23(30)13-7-21/h1-17H,(H,32,34)(H,33,35)/b31-17+. The van der Waals surface area contributed by atoms with Crippen LogP contribution < -0.4 is 15.5 Å². The van der Waals surface area contributed by atoms with Crippen molar-refractivity contribution in [3.63, 3.8) is 0 Å². The average Bonchev–Trinajstić information content (AvgIpc) is 2.90. The van der Waals surface area contributed by atoms with Gasteiger partial charge in [-0.05, 0) is 90.5 Å². The second-order valence-electron chi connectivity index (χ2n) is 7.71. The highest BCUT2D eigenvalue weighted by Crippen LogP contribution is 2.17. The normalized spacial score (nSPS) is 10.6. The Labute approximate surface area is 222 Å². The van der Waals surface area contributed by atoms with E-state index in [4.69, 9.17) is 27.9 Å². The number of amides is 2. The van der Waals surface area contributed by atoms with Gasteiger partial charge in [0.2, 0.25) is 0 Å². The summed E-state index contributed by atoms with van der Waals surface area (Å²) in [5.41, 5.74) is 4.77. The number of ether oxygens (including phenoxy) is 1. The summed E-state index contributed by atoms with van der Waals surface area (Å²) in [5.74, 6) is -0.921. The van der Waals surface area contributed by atoms with Gasteiger partial charge < -0.3 is 10.1 Å². The van der Waals surface area contributed by atoms with Crippen LogP contribution in [0, 0.1) is 0 Å². The number of esters is 1. The van der Waals surface area contributed by atoms with Crippen LogP contribution in [0.15, 0.2) is 102 Å². The Kier molecular flexibility index (Phi) is 8.30. The Morgan fingerprint density at radius 3 is 1.92 bits per heavy atom. The molecule has 0 spiro atoms. The Balaban J connectivity index is 1.31. The van der Waals surface area contributed by atoms with Gasteiger partial charge in [-0.3, -0.25) is 9.59 Å². The van der Waals surface area contributed by atoms with Gasteiger partial charge in [-0.2, -0.15) is 5.10 Å². The molecule has 0 saturated carbocycles. The second kappa shape index (κ2) is 12.0. The van der Waals surface area contributed by atoms with Crippen LogP contribution in [0.2, 0.25) is 10.0 Å². The molecular weight excluding hydrogens is 513 g/mol. The van der Waals surface area contributed by atoms with E-state index >= 15 is 0 Å². The van der Waals surface area contributed by atoms with Crippen LogP contribution in [-0.4, -0.2) is 24.0 Å². The molecule has 0 unspecified atom stereocenters. The van der Waals surface area contributed by atoms with Gasteiger partial charge in [0.15, 0.2) is 0 Å². The lowest BCUT2D eigenvalue weighted by Gasteiger charge is -2.07. The van der Waals surface area contributed by atoms with Crippen LogP contribution in [0.3, 0.4) is 0 Å². The van der Waals surface area contributed by atoms with E-state index in [-0.39, 0.29) is 5.91 Å². The number of nitrogens with one attached hydrogen (secondary N) is 2. The quantitative estimate of drug-likeness (QED) is 0.128. The highest BCUT2D eigenvalue weighted by atomic mass is 35.5. The third kappa shape index (κ3) is 7.27. The van der Waals surface area contributed by atoms with Gasteiger partial charge in [0.25, 0.3) is 11.8 Å². The highest BCUT2D eigenvalue weighted by molar-refractivity contribution is 6.31. The molecule has 0 atom stereocenters. The molecule has 184 valence electrons. The minimum absolute atomic E-state index is 0.292. The van der Waals surface area contributed by atoms with Gasteiger partial charge in [0.1, 0.15) is 5.75 Å². The number of halogens is 2. The minimum Gasteiger partial charge on any atom is -0.423 e. The van der Waals surface area contributed by atoms with Crippen molar-refractivity contribution >= 4 is 52.9 Å². The molecule has 0 aliphatic heterocycles. The lowest BCUT2D eigenvalue weighted by Crippen LogP contribution is -2.18. The molecule has 2 N–H and O–H groups in total. The molecular formula is C28H19Cl2N3O4. The molecule has 9 heteroatoms. The fourth-order valence-electron chi connectivity index (χ4n) is 3.15. The van der Waals surface area contributed by atoms with Crippen molar-refractivity contribution in [3.8, 4) is 5.75 Å². The average molecular weight is 532 g/mol. The summed E-state index contributed by atoms with van der Waals surface area (Å²) >= 11 is 11.7. The van der Waals surface area contributed by atoms with Crippen molar-refractivity contribution < 1.29 is 19.1 Å². The number of carbonyl (C=O) groups excluding carboxylic acids is 3. The molecule has 2 amide bonds. The third-order valence-electron chi connectivity index (χ3n) is 5.04. The van der Waals surface area contributed by atoms with Gasteiger partial charge >= 0.3 is 5.97 Å². The first-order chi connectivity index (χ1) is 17.9. The van der Waals surface area contributed by atoms with Crippen LogP contribution in [0.5, 0.6) is 5.75 Å². The molecule has 4 aromatic carbocycles. The van der Waals surface area contributed by atoms with E-state index in [1.54, 1.807) is 97.1 Å². The minimum atomic E-state index is -0.521. The summed E-state index contributed by atoms with van der Waals surface area (Å²) in [6.07, 6.45) is 1.43. The molecule has 0 fully saturated rings. The second-order valence-corrected chi connectivity index (χ2v) is 8.58. The number of rotatable bonds is 7. The van der Waals surface area contributed by atoms with E-state index in [0.29, 0.717) is 43.7 Å². The molecule has 0 radical (unpaired) electrons. The molecule has 0 aliphatic rings. The monoisotopic (exact) mass is 531 g/mol. The van der Waals surface area contributed by atoms with E-state index < -0.39 is 11.9 Å². The van der Waals surface area contributed by atoms with Crippen molar-refractivity contribution in [2.75, 3.05) is 5.32 Å². The number of benzene rings is 4. The maximum Gasteiger partial charge on any atom is 0.343 e. The van der Waals surface area contributed by atoms with Crippen molar-refractivity contribution in [1.29, 1.82) is 0 Å². The maximum atomic E-state index is 12.4. The molecule has 4 aromatic rings. The predicted octanol–water partition coefficient (Wildman–Crippen LogP) is 6.23. The number of hydrogen-bond acceptors (Lipinski definition) is 5. The summed E-state index contributed by atoms with van der Waals surface area (Å²) < 4.78 is 5.38. The topological polar surface area (TPSA) is 96.9 Å². The summed E-state index contributed by atoms with van der Waals surface area (Å²) in [6.45, 7) is 0. The van der Waals surface area contributed by atoms with Crippen molar-refractivity contribution in [3.05, 3.63) is 129 Å². The summed E-state index contributed by atoms with van der Waals surface area (Å²) in [7, 11) is 0. The van der Waals surface area contributed by atoms with Gasteiger partial charge in [0, 0.05) is 26.9 Å². The number of hydrazone groups is 1. The van der Waals surface area contributed by atoms with Gasteiger partial charge in [-0.1, -0.05) is 35.3 Å². The van der Waals surface area contributed by atoms with Crippen molar-refractivity contribution in [2.45, 2.75) is 0 Å². The van der Waals surface area contributed by atoms with Gasteiger partial charge in [0.05, 0.1) is 11.8 Å². The zero-order valence-corrected chi connectivity index (χ0v) is 20.7. The summed E-state index contributed by atoms with van der Waals surface area (Å²) in [5, 5.41) is 7.78. The molecule has 7 nitrogen and oxygen atoms in total. The lowest BCUT2D eigenvalue weighted by molar-refractivity contribution is 0.0734. The molecule has 37 heavy (non-hydrogen) atoms. The number of nitrogens with zero attached hydrogens (tertiary/aromatic N) is 1. The van der Waals surface area contributed by atoms with Crippen LogP contribution in [0.4, 0.5) is 5.69 Å².